The summed E-state index contributed by atoms with van der Waals surface area (Å²) < 4.78 is 15.2. The van der Waals surface area contributed by atoms with Gasteiger partial charge in [-0.2, -0.15) is 0 Å². The summed E-state index contributed by atoms with van der Waals surface area (Å²) in [5.74, 6) is -0.989. The number of aromatic nitrogens is 2. The molecule has 0 unspecified atom stereocenters. The van der Waals surface area contributed by atoms with Crippen LogP contribution in [0.25, 0.3) is 10.9 Å². The van der Waals surface area contributed by atoms with Crippen LogP contribution in [-0.2, 0) is 13.0 Å². The molecule has 8 heteroatoms. The minimum absolute atomic E-state index is 0.116. The molecule has 1 aromatic carbocycles. The van der Waals surface area contributed by atoms with Gasteiger partial charge in [0.15, 0.2) is 0 Å². The Morgan fingerprint density at radius 3 is 2.60 bits per heavy atom. The fourth-order valence-corrected chi connectivity index (χ4v) is 3.98. The van der Waals surface area contributed by atoms with Gasteiger partial charge in [0.25, 0.3) is 11.8 Å². The van der Waals surface area contributed by atoms with Crippen molar-refractivity contribution in [2.45, 2.75) is 26.8 Å². The van der Waals surface area contributed by atoms with E-state index in [2.05, 4.69) is 4.98 Å². The number of benzene rings is 1. The van der Waals surface area contributed by atoms with E-state index in [9.17, 15) is 19.2 Å². The third-order valence-corrected chi connectivity index (χ3v) is 5.58. The highest BCUT2D eigenvalue weighted by atomic mass is 19.1. The molecule has 0 saturated carbocycles. The van der Waals surface area contributed by atoms with Gasteiger partial charge in [0, 0.05) is 31.2 Å². The van der Waals surface area contributed by atoms with Crippen LogP contribution < -0.4 is 0 Å². The first kappa shape index (κ1) is 20.0. The summed E-state index contributed by atoms with van der Waals surface area (Å²) >= 11 is 0. The molecule has 2 amide bonds. The second-order valence-electron chi connectivity index (χ2n) is 7.30. The number of fused-ring (bicyclic) bond motifs is 3. The van der Waals surface area contributed by atoms with E-state index in [-0.39, 0.29) is 24.0 Å². The molecule has 0 bridgehead atoms. The molecule has 0 fully saturated rings. The first-order chi connectivity index (χ1) is 14.4. The van der Waals surface area contributed by atoms with Gasteiger partial charge in [0.1, 0.15) is 11.5 Å². The summed E-state index contributed by atoms with van der Waals surface area (Å²) in [5, 5.41) is 11.1. The molecule has 0 radical (unpaired) electrons. The number of hydroxylamine groups is 2. The Kier molecular flexibility index (Phi) is 5.26. The molecule has 2 aromatic heterocycles. The number of pyridine rings is 1. The zero-order valence-electron chi connectivity index (χ0n) is 16.9. The van der Waals surface area contributed by atoms with Crippen molar-refractivity contribution in [2.24, 2.45) is 0 Å². The van der Waals surface area contributed by atoms with Crippen LogP contribution in [0.4, 0.5) is 4.39 Å². The third-order valence-electron chi connectivity index (χ3n) is 5.58. The highest BCUT2D eigenvalue weighted by Gasteiger charge is 2.30. The SMILES string of the molecule is CCN(CC)C(=O)c1cn(Cc2ccc(F)cc2)c2cnc3c(c12)CCN(O)C3=O. The van der Waals surface area contributed by atoms with Gasteiger partial charge in [-0.05, 0) is 43.5 Å². The highest BCUT2D eigenvalue weighted by Crippen LogP contribution is 2.31. The van der Waals surface area contributed by atoms with Crippen LogP contribution in [0.3, 0.4) is 0 Å². The average molecular weight is 410 g/mol. The van der Waals surface area contributed by atoms with E-state index >= 15 is 0 Å². The van der Waals surface area contributed by atoms with Crippen molar-refractivity contribution < 1.29 is 19.2 Å². The molecule has 156 valence electrons. The number of hydrogen-bond acceptors (Lipinski definition) is 4. The number of carbonyl (C=O) groups is 2. The van der Waals surface area contributed by atoms with Crippen molar-refractivity contribution in [2.75, 3.05) is 19.6 Å². The Morgan fingerprint density at radius 1 is 1.23 bits per heavy atom. The summed E-state index contributed by atoms with van der Waals surface area (Å²) in [6.45, 7) is 5.55. The van der Waals surface area contributed by atoms with Crippen molar-refractivity contribution in [3.63, 3.8) is 0 Å². The molecule has 0 saturated heterocycles. The molecule has 30 heavy (non-hydrogen) atoms. The lowest BCUT2D eigenvalue weighted by atomic mass is 9.98. The minimum atomic E-state index is -0.564. The molecule has 0 aliphatic carbocycles. The van der Waals surface area contributed by atoms with Gasteiger partial charge in [-0.15, -0.1) is 0 Å². The predicted molar refractivity (Wildman–Crippen MR) is 109 cm³/mol. The fraction of sp³-hybridized carbons (Fsp3) is 0.318. The topological polar surface area (TPSA) is 78.7 Å². The zero-order valence-corrected chi connectivity index (χ0v) is 16.9. The number of hydrogen-bond donors (Lipinski definition) is 1. The lowest BCUT2D eigenvalue weighted by Crippen LogP contribution is -2.36. The van der Waals surface area contributed by atoms with Crippen molar-refractivity contribution in [1.82, 2.24) is 19.5 Å². The van der Waals surface area contributed by atoms with Crippen LogP contribution in [0, 0.1) is 5.82 Å². The smallest absolute Gasteiger partial charge is 0.296 e. The van der Waals surface area contributed by atoms with E-state index in [0.29, 0.717) is 47.6 Å². The Balaban J connectivity index is 1.90. The van der Waals surface area contributed by atoms with Crippen LogP contribution >= 0.6 is 0 Å². The highest BCUT2D eigenvalue weighted by molar-refractivity contribution is 6.10. The standard InChI is InChI=1S/C22H23FN4O3/c1-3-25(4-2)21(28)17-13-26(12-14-5-7-15(23)8-6-14)18-11-24-20-16(19(17)18)9-10-27(30)22(20)29/h5-8,11,13,30H,3-4,9-10,12H2,1-2H3. The van der Waals surface area contributed by atoms with Crippen LogP contribution in [0.1, 0.15) is 45.8 Å². The molecule has 4 rings (SSSR count). The van der Waals surface area contributed by atoms with Gasteiger partial charge in [-0.1, -0.05) is 12.1 Å². The third kappa shape index (κ3) is 3.33. The Bertz CT molecular complexity index is 1120. The monoisotopic (exact) mass is 410 g/mol. The molecule has 0 atom stereocenters. The molecular formula is C22H23FN4O3. The van der Waals surface area contributed by atoms with E-state index < -0.39 is 5.91 Å². The lowest BCUT2D eigenvalue weighted by Gasteiger charge is -2.23. The first-order valence-electron chi connectivity index (χ1n) is 9.99. The van der Waals surface area contributed by atoms with Gasteiger partial charge in [0.05, 0.1) is 23.8 Å². The predicted octanol–water partition coefficient (Wildman–Crippen LogP) is 3.09. The molecule has 7 nitrogen and oxygen atoms in total. The molecular weight excluding hydrogens is 387 g/mol. The second kappa shape index (κ2) is 7.87. The number of nitrogens with zero attached hydrogens (tertiary/aromatic N) is 4. The average Bonchev–Trinajstić information content (AvgIpc) is 3.12. The van der Waals surface area contributed by atoms with E-state index in [1.54, 1.807) is 29.4 Å². The summed E-state index contributed by atoms with van der Waals surface area (Å²) in [5.41, 5.74) is 2.97. The van der Waals surface area contributed by atoms with Crippen molar-refractivity contribution in [3.05, 3.63) is 64.9 Å². The van der Waals surface area contributed by atoms with Crippen LogP contribution in [-0.4, -0.2) is 56.2 Å². The molecule has 0 spiro atoms. The number of carbonyl (C=O) groups excluding carboxylic acids is 2. The van der Waals surface area contributed by atoms with Gasteiger partial charge in [-0.25, -0.2) is 14.4 Å². The van der Waals surface area contributed by atoms with Crippen molar-refractivity contribution in [3.8, 4) is 0 Å². The maximum Gasteiger partial charge on any atom is 0.296 e. The Morgan fingerprint density at radius 2 is 1.93 bits per heavy atom. The molecule has 1 aliphatic rings. The second-order valence-corrected chi connectivity index (χ2v) is 7.30. The van der Waals surface area contributed by atoms with Crippen molar-refractivity contribution >= 4 is 22.7 Å². The number of amides is 2. The largest absolute Gasteiger partial charge is 0.341 e. The van der Waals surface area contributed by atoms with Gasteiger partial charge < -0.3 is 9.47 Å². The quantitative estimate of drug-likeness (QED) is 0.656. The van der Waals surface area contributed by atoms with E-state index in [4.69, 9.17) is 0 Å². The normalized spacial score (nSPS) is 13.6. The maximum absolute atomic E-state index is 13.3. The summed E-state index contributed by atoms with van der Waals surface area (Å²) in [7, 11) is 0. The van der Waals surface area contributed by atoms with Crippen LogP contribution in [0.5, 0.6) is 0 Å². The molecule has 1 aliphatic heterocycles. The molecule has 1 N–H and O–H groups in total. The zero-order chi connectivity index (χ0) is 21.4. The van der Waals surface area contributed by atoms with Crippen molar-refractivity contribution in [1.29, 1.82) is 0 Å². The maximum atomic E-state index is 13.3. The Labute approximate surface area is 173 Å². The summed E-state index contributed by atoms with van der Waals surface area (Å²) in [6, 6.07) is 6.20. The Hall–Kier alpha value is -3.26. The fourth-order valence-electron chi connectivity index (χ4n) is 3.98. The number of rotatable bonds is 5. The van der Waals surface area contributed by atoms with Gasteiger partial charge >= 0.3 is 0 Å². The first-order valence-corrected chi connectivity index (χ1v) is 9.99. The van der Waals surface area contributed by atoms with Gasteiger partial charge in [-0.3, -0.25) is 14.8 Å². The van der Waals surface area contributed by atoms with Crippen LogP contribution in [0.2, 0.25) is 0 Å². The van der Waals surface area contributed by atoms with E-state index in [1.165, 1.54) is 12.1 Å². The minimum Gasteiger partial charge on any atom is -0.341 e. The van der Waals surface area contributed by atoms with E-state index in [0.717, 1.165) is 11.1 Å². The van der Waals surface area contributed by atoms with Crippen LogP contribution in [0.15, 0.2) is 36.7 Å². The number of halogens is 1. The molecule has 3 aromatic rings. The van der Waals surface area contributed by atoms with Gasteiger partial charge in [0.2, 0.25) is 0 Å². The summed E-state index contributed by atoms with van der Waals surface area (Å²) in [6.07, 6.45) is 3.75. The lowest BCUT2D eigenvalue weighted by molar-refractivity contribution is -0.0606. The molecule has 3 heterocycles. The summed E-state index contributed by atoms with van der Waals surface area (Å²) in [4.78, 5) is 31.7. The van der Waals surface area contributed by atoms with E-state index in [1.807, 2.05) is 18.4 Å².